The summed E-state index contributed by atoms with van der Waals surface area (Å²) in [7, 11) is 2.07. The number of benzene rings is 1. The second-order valence-corrected chi connectivity index (χ2v) is 6.13. The van der Waals surface area contributed by atoms with Gasteiger partial charge in [-0.1, -0.05) is 0 Å². The Hall–Kier alpha value is -2.82. The molecule has 3 aromatic heterocycles. The lowest BCUT2D eigenvalue weighted by Gasteiger charge is -2.05. The first-order valence-corrected chi connectivity index (χ1v) is 8.11. The highest BCUT2D eigenvalue weighted by Crippen LogP contribution is 2.24. The van der Waals surface area contributed by atoms with Crippen molar-refractivity contribution in [2.24, 2.45) is 7.05 Å². The van der Waals surface area contributed by atoms with Crippen LogP contribution in [0.5, 0.6) is 0 Å². The number of rotatable bonds is 3. The Bertz CT molecular complexity index is 1050. The number of nitrogens with zero attached hydrogens (tertiary/aromatic N) is 5. The summed E-state index contributed by atoms with van der Waals surface area (Å²) in [6.45, 7) is 3.99. The van der Waals surface area contributed by atoms with E-state index in [9.17, 15) is 0 Å². The summed E-state index contributed by atoms with van der Waals surface area (Å²) in [5.41, 5.74) is 6.14. The van der Waals surface area contributed by atoms with E-state index in [1.165, 1.54) is 0 Å². The second kappa shape index (κ2) is 5.67. The molecule has 0 bridgehead atoms. The van der Waals surface area contributed by atoms with Crippen molar-refractivity contribution < 1.29 is 0 Å². The van der Waals surface area contributed by atoms with Crippen LogP contribution in [-0.4, -0.2) is 24.5 Å². The van der Waals surface area contributed by atoms with Crippen LogP contribution in [0.3, 0.4) is 0 Å². The van der Waals surface area contributed by atoms with Gasteiger partial charge in [-0.15, -0.1) is 0 Å². The molecule has 0 unspecified atom stereocenters. The van der Waals surface area contributed by atoms with E-state index in [1.54, 1.807) is 0 Å². The summed E-state index contributed by atoms with van der Waals surface area (Å²) in [5.74, 6) is 1.06. The zero-order valence-corrected chi connectivity index (χ0v) is 14.1. The average molecular weight is 317 g/mol. The van der Waals surface area contributed by atoms with Gasteiger partial charge in [0.25, 0.3) is 0 Å². The standard InChI is InChI=1S/C19H19N5/c1-12-11-21-13(2)15(22-12)7-9-18-23-19-14-5-4-10-20-16(14)6-8-17(19)24(18)3/h4-6,8,10-11H,7,9H2,1-3H3. The first-order valence-electron chi connectivity index (χ1n) is 8.11. The van der Waals surface area contributed by atoms with Crippen LogP contribution in [-0.2, 0) is 19.9 Å². The predicted molar refractivity (Wildman–Crippen MR) is 94.9 cm³/mol. The Morgan fingerprint density at radius 2 is 1.88 bits per heavy atom. The summed E-state index contributed by atoms with van der Waals surface area (Å²) in [4.78, 5) is 18.3. The van der Waals surface area contributed by atoms with Crippen molar-refractivity contribution >= 4 is 21.9 Å². The molecule has 0 saturated carbocycles. The van der Waals surface area contributed by atoms with Gasteiger partial charge in [-0.3, -0.25) is 15.0 Å². The lowest BCUT2D eigenvalue weighted by Crippen LogP contribution is -2.05. The normalized spacial score (nSPS) is 11.5. The average Bonchev–Trinajstić information content (AvgIpc) is 2.92. The predicted octanol–water partition coefficient (Wildman–Crippen LogP) is 3.31. The van der Waals surface area contributed by atoms with Crippen LogP contribution in [0.2, 0.25) is 0 Å². The molecule has 4 rings (SSSR count). The Morgan fingerprint density at radius 3 is 2.75 bits per heavy atom. The molecule has 0 N–H and O–H groups in total. The van der Waals surface area contributed by atoms with Crippen LogP contribution in [0.25, 0.3) is 21.9 Å². The van der Waals surface area contributed by atoms with Crippen molar-refractivity contribution in [3.05, 3.63) is 59.6 Å². The highest BCUT2D eigenvalue weighted by molar-refractivity contribution is 6.02. The SMILES string of the molecule is Cc1cnc(C)c(CCc2nc3c4cccnc4ccc3n2C)n1. The van der Waals surface area contributed by atoms with Crippen LogP contribution >= 0.6 is 0 Å². The molecule has 120 valence electrons. The Labute approximate surface area is 140 Å². The molecule has 0 radical (unpaired) electrons. The Kier molecular flexibility index (Phi) is 3.49. The van der Waals surface area contributed by atoms with Crippen molar-refractivity contribution in [2.75, 3.05) is 0 Å². The maximum absolute atomic E-state index is 4.88. The van der Waals surface area contributed by atoms with Gasteiger partial charge in [0, 0.05) is 31.2 Å². The molecule has 24 heavy (non-hydrogen) atoms. The fourth-order valence-corrected chi connectivity index (χ4v) is 3.13. The number of fused-ring (bicyclic) bond motifs is 3. The van der Waals surface area contributed by atoms with Crippen molar-refractivity contribution in [3.8, 4) is 0 Å². The first kappa shape index (κ1) is 14.8. The molecule has 1 aromatic carbocycles. The van der Waals surface area contributed by atoms with Crippen LogP contribution in [0, 0.1) is 13.8 Å². The number of pyridine rings is 1. The summed E-state index contributed by atoms with van der Waals surface area (Å²) in [6, 6.07) is 8.19. The minimum atomic E-state index is 0.839. The smallest absolute Gasteiger partial charge is 0.110 e. The number of imidazole rings is 1. The van der Waals surface area contributed by atoms with Crippen molar-refractivity contribution in [1.82, 2.24) is 24.5 Å². The summed E-state index contributed by atoms with van der Waals surface area (Å²) < 4.78 is 2.17. The zero-order valence-electron chi connectivity index (χ0n) is 14.1. The summed E-state index contributed by atoms with van der Waals surface area (Å²) >= 11 is 0. The largest absolute Gasteiger partial charge is 0.331 e. The van der Waals surface area contributed by atoms with E-state index in [0.717, 1.165) is 57.7 Å². The molecule has 0 spiro atoms. The number of hydrogen-bond acceptors (Lipinski definition) is 4. The fraction of sp³-hybridized carbons (Fsp3) is 0.263. The van der Waals surface area contributed by atoms with Gasteiger partial charge in [-0.25, -0.2) is 4.98 Å². The molecular weight excluding hydrogens is 298 g/mol. The van der Waals surface area contributed by atoms with E-state index in [1.807, 2.05) is 32.3 Å². The van der Waals surface area contributed by atoms with Gasteiger partial charge in [0.15, 0.2) is 0 Å². The monoisotopic (exact) mass is 317 g/mol. The quantitative estimate of drug-likeness (QED) is 0.582. The number of aryl methyl sites for hydroxylation is 5. The molecule has 5 nitrogen and oxygen atoms in total. The van der Waals surface area contributed by atoms with E-state index in [0.29, 0.717) is 0 Å². The summed E-state index contributed by atoms with van der Waals surface area (Å²) in [5, 5.41) is 1.10. The fourth-order valence-electron chi connectivity index (χ4n) is 3.13. The lowest BCUT2D eigenvalue weighted by molar-refractivity contribution is 0.764. The Balaban J connectivity index is 1.73. The third-order valence-corrected chi connectivity index (χ3v) is 4.48. The molecule has 0 aliphatic heterocycles. The van der Waals surface area contributed by atoms with Crippen LogP contribution in [0.4, 0.5) is 0 Å². The maximum atomic E-state index is 4.88. The summed E-state index contributed by atoms with van der Waals surface area (Å²) in [6.07, 6.45) is 5.31. The third kappa shape index (κ3) is 2.42. The Morgan fingerprint density at radius 1 is 1.00 bits per heavy atom. The highest BCUT2D eigenvalue weighted by atomic mass is 15.1. The van der Waals surface area contributed by atoms with E-state index in [4.69, 9.17) is 4.98 Å². The third-order valence-electron chi connectivity index (χ3n) is 4.48. The molecule has 0 aliphatic rings. The van der Waals surface area contributed by atoms with Crippen molar-refractivity contribution in [2.45, 2.75) is 26.7 Å². The molecule has 0 amide bonds. The van der Waals surface area contributed by atoms with Gasteiger partial charge in [-0.2, -0.15) is 0 Å². The number of aromatic nitrogens is 5. The molecule has 4 aromatic rings. The van der Waals surface area contributed by atoms with Crippen molar-refractivity contribution in [1.29, 1.82) is 0 Å². The topological polar surface area (TPSA) is 56.5 Å². The minimum Gasteiger partial charge on any atom is -0.331 e. The molecular formula is C19H19N5. The molecule has 0 fully saturated rings. The second-order valence-electron chi connectivity index (χ2n) is 6.13. The highest BCUT2D eigenvalue weighted by Gasteiger charge is 2.12. The molecule has 5 heteroatoms. The molecule has 0 atom stereocenters. The van der Waals surface area contributed by atoms with Gasteiger partial charge in [0.05, 0.1) is 33.6 Å². The van der Waals surface area contributed by atoms with E-state index in [2.05, 4.69) is 44.8 Å². The number of hydrogen-bond donors (Lipinski definition) is 0. The van der Waals surface area contributed by atoms with Crippen LogP contribution < -0.4 is 0 Å². The van der Waals surface area contributed by atoms with Gasteiger partial charge in [-0.05, 0) is 44.5 Å². The van der Waals surface area contributed by atoms with Gasteiger partial charge < -0.3 is 4.57 Å². The molecule has 3 heterocycles. The van der Waals surface area contributed by atoms with Crippen molar-refractivity contribution in [3.63, 3.8) is 0 Å². The molecule has 0 saturated heterocycles. The van der Waals surface area contributed by atoms with E-state index in [-0.39, 0.29) is 0 Å². The molecule has 0 aliphatic carbocycles. The van der Waals surface area contributed by atoms with Crippen LogP contribution in [0.15, 0.2) is 36.7 Å². The minimum absolute atomic E-state index is 0.839. The van der Waals surface area contributed by atoms with Gasteiger partial charge >= 0.3 is 0 Å². The zero-order chi connectivity index (χ0) is 16.7. The van der Waals surface area contributed by atoms with Gasteiger partial charge in [0.1, 0.15) is 5.82 Å². The first-order chi connectivity index (χ1) is 11.6. The van der Waals surface area contributed by atoms with E-state index >= 15 is 0 Å². The van der Waals surface area contributed by atoms with E-state index < -0.39 is 0 Å². The van der Waals surface area contributed by atoms with Crippen LogP contribution in [0.1, 0.15) is 22.9 Å². The maximum Gasteiger partial charge on any atom is 0.110 e. The van der Waals surface area contributed by atoms with Gasteiger partial charge in [0.2, 0.25) is 0 Å². The lowest BCUT2D eigenvalue weighted by atomic mass is 10.2.